The second-order valence-corrected chi connectivity index (χ2v) is 6.95. The summed E-state index contributed by atoms with van der Waals surface area (Å²) in [6.45, 7) is 0.944. The molecule has 2 N–H and O–H groups in total. The molecule has 0 amide bonds. The Labute approximate surface area is 161 Å². The third-order valence-electron chi connectivity index (χ3n) is 4.89. The van der Waals surface area contributed by atoms with Crippen molar-refractivity contribution in [1.29, 1.82) is 0 Å². The highest BCUT2D eigenvalue weighted by molar-refractivity contribution is 5.20. The second-order valence-electron chi connectivity index (χ2n) is 6.95. The molecule has 27 heavy (non-hydrogen) atoms. The molecule has 0 aliphatic heterocycles. The van der Waals surface area contributed by atoms with Crippen molar-refractivity contribution >= 4 is 0 Å². The highest BCUT2D eigenvalue weighted by Gasteiger charge is 2.26. The number of hydrogen-bond acceptors (Lipinski definition) is 2. The Morgan fingerprint density at radius 2 is 1.07 bits per heavy atom. The Morgan fingerprint density at radius 3 is 1.48 bits per heavy atom. The van der Waals surface area contributed by atoms with Crippen molar-refractivity contribution < 1.29 is 4.39 Å². The Hall–Kier alpha value is -2.49. The van der Waals surface area contributed by atoms with Gasteiger partial charge in [-0.1, -0.05) is 91.0 Å². The Kier molecular flexibility index (Phi) is 7.14. The molecule has 140 valence electrons. The van der Waals surface area contributed by atoms with Crippen LogP contribution in [0.15, 0.2) is 91.0 Å². The molecular weight excluding hydrogens is 335 g/mol. The van der Waals surface area contributed by atoms with Crippen LogP contribution in [0.5, 0.6) is 0 Å². The van der Waals surface area contributed by atoms with E-state index < -0.39 is 12.7 Å². The van der Waals surface area contributed by atoms with Crippen LogP contribution in [0.25, 0.3) is 0 Å². The molecule has 0 aromatic heterocycles. The number of nitrogens with two attached hydrogens (primary N) is 1. The van der Waals surface area contributed by atoms with Gasteiger partial charge in [0, 0.05) is 25.2 Å². The summed E-state index contributed by atoms with van der Waals surface area (Å²) in [4.78, 5) is 2.31. The first kappa shape index (κ1) is 19.3. The normalized spacial score (nSPS) is 13.4. The molecule has 0 bridgehead atoms. The van der Waals surface area contributed by atoms with Crippen LogP contribution in [0.1, 0.15) is 16.7 Å². The van der Waals surface area contributed by atoms with E-state index in [9.17, 15) is 4.39 Å². The van der Waals surface area contributed by atoms with E-state index in [1.807, 2.05) is 54.6 Å². The fourth-order valence-electron chi connectivity index (χ4n) is 3.44. The van der Waals surface area contributed by atoms with Crippen molar-refractivity contribution in [3.63, 3.8) is 0 Å². The maximum absolute atomic E-state index is 13.6. The molecule has 0 aliphatic rings. The van der Waals surface area contributed by atoms with Crippen molar-refractivity contribution in [2.75, 3.05) is 6.67 Å². The summed E-state index contributed by atoms with van der Waals surface area (Å²) in [6, 6.07) is 30.2. The summed E-state index contributed by atoms with van der Waals surface area (Å²) in [7, 11) is 0. The number of halogens is 1. The molecule has 0 aliphatic carbocycles. The number of nitrogens with zero attached hydrogens (tertiary/aromatic N) is 1. The third-order valence-corrected chi connectivity index (χ3v) is 4.89. The Balaban J connectivity index is 1.88. The van der Waals surface area contributed by atoms with Gasteiger partial charge in [-0.25, -0.2) is 4.39 Å². The lowest BCUT2D eigenvalue weighted by molar-refractivity contribution is 0.140. The fourth-order valence-corrected chi connectivity index (χ4v) is 3.44. The first-order valence-corrected chi connectivity index (χ1v) is 9.43. The molecule has 0 saturated heterocycles. The van der Waals surface area contributed by atoms with Crippen molar-refractivity contribution in [3.8, 4) is 0 Å². The standard InChI is InChI=1S/C24H27FN2/c25-17-23(26)24(16-20-10-4-1-5-11-20)27(18-21-12-6-2-7-13-21)19-22-14-8-3-9-15-22/h1-15,23-24H,16-19,26H2/t23-,24+/m1/s1. The van der Waals surface area contributed by atoms with Gasteiger partial charge in [0.05, 0.1) is 0 Å². The molecule has 0 saturated carbocycles. The van der Waals surface area contributed by atoms with Crippen molar-refractivity contribution in [3.05, 3.63) is 108 Å². The molecule has 3 rings (SSSR count). The minimum absolute atomic E-state index is 0.0854. The van der Waals surface area contributed by atoms with Gasteiger partial charge in [0.25, 0.3) is 0 Å². The molecular formula is C24H27FN2. The summed E-state index contributed by atoms with van der Waals surface area (Å²) >= 11 is 0. The van der Waals surface area contributed by atoms with Crippen LogP contribution in [0.3, 0.4) is 0 Å². The fraction of sp³-hybridized carbons (Fsp3) is 0.250. The molecule has 3 aromatic carbocycles. The summed E-state index contributed by atoms with van der Waals surface area (Å²) in [6.07, 6.45) is 0.728. The third kappa shape index (κ3) is 5.75. The first-order valence-electron chi connectivity index (χ1n) is 9.43. The van der Waals surface area contributed by atoms with E-state index in [-0.39, 0.29) is 6.04 Å². The second kappa shape index (κ2) is 10.0. The van der Waals surface area contributed by atoms with Gasteiger partial charge in [-0.3, -0.25) is 4.90 Å². The average Bonchev–Trinajstić information content (AvgIpc) is 2.73. The quantitative estimate of drug-likeness (QED) is 0.603. The zero-order chi connectivity index (χ0) is 18.9. The van der Waals surface area contributed by atoms with E-state index >= 15 is 0 Å². The summed E-state index contributed by atoms with van der Waals surface area (Å²) in [5.41, 5.74) is 9.85. The highest BCUT2D eigenvalue weighted by Crippen LogP contribution is 2.19. The minimum Gasteiger partial charge on any atom is -0.324 e. The van der Waals surface area contributed by atoms with Crippen molar-refractivity contribution in [1.82, 2.24) is 4.90 Å². The lowest BCUT2D eigenvalue weighted by atomic mass is 9.97. The van der Waals surface area contributed by atoms with Crippen LogP contribution in [0, 0.1) is 0 Å². The molecule has 2 nitrogen and oxygen atoms in total. The zero-order valence-electron chi connectivity index (χ0n) is 15.5. The van der Waals surface area contributed by atoms with E-state index in [1.54, 1.807) is 0 Å². The van der Waals surface area contributed by atoms with Crippen molar-refractivity contribution in [2.45, 2.75) is 31.6 Å². The van der Waals surface area contributed by atoms with Crippen LogP contribution in [0.2, 0.25) is 0 Å². The van der Waals surface area contributed by atoms with E-state index in [2.05, 4.69) is 41.3 Å². The lowest BCUT2D eigenvalue weighted by Gasteiger charge is -2.35. The van der Waals surface area contributed by atoms with Gasteiger partial charge < -0.3 is 5.73 Å². The zero-order valence-corrected chi connectivity index (χ0v) is 15.5. The predicted octanol–water partition coefficient (Wildman–Crippen LogP) is 4.60. The van der Waals surface area contributed by atoms with Crippen LogP contribution in [-0.4, -0.2) is 23.7 Å². The van der Waals surface area contributed by atoms with Crippen LogP contribution >= 0.6 is 0 Å². The number of hydrogen-bond donors (Lipinski definition) is 1. The van der Waals surface area contributed by atoms with Gasteiger partial charge in [0.15, 0.2) is 0 Å². The summed E-state index contributed by atoms with van der Waals surface area (Å²) in [5.74, 6) is 0. The molecule has 2 atom stereocenters. The van der Waals surface area contributed by atoms with Gasteiger partial charge >= 0.3 is 0 Å². The average molecular weight is 362 g/mol. The van der Waals surface area contributed by atoms with E-state index in [0.717, 1.165) is 19.5 Å². The molecule has 0 fully saturated rings. The monoisotopic (exact) mass is 362 g/mol. The maximum Gasteiger partial charge on any atom is 0.106 e. The van der Waals surface area contributed by atoms with E-state index in [0.29, 0.717) is 0 Å². The predicted molar refractivity (Wildman–Crippen MR) is 110 cm³/mol. The van der Waals surface area contributed by atoms with Gasteiger partial charge in [0.1, 0.15) is 6.67 Å². The van der Waals surface area contributed by atoms with Crippen LogP contribution in [-0.2, 0) is 19.5 Å². The number of rotatable bonds is 9. The molecule has 0 unspecified atom stereocenters. The smallest absolute Gasteiger partial charge is 0.106 e. The molecule has 0 radical (unpaired) electrons. The van der Waals surface area contributed by atoms with E-state index in [1.165, 1.54) is 16.7 Å². The summed E-state index contributed by atoms with van der Waals surface area (Å²) in [5, 5.41) is 0. The maximum atomic E-state index is 13.6. The number of alkyl halides is 1. The van der Waals surface area contributed by atoms with Gasteiger partial charge in [0.2, 0.25) is 0 Å². The van der Waals surface area contributed by atoms with Gasteiger partial charge in [-0.05, 0) is 23.1 Å². The first-order chi connectivity index (χ1) is 13.3. The van der Waals surface area contributed by atoms with Crippen LogP contribution in [0.4, 0.5) is 4.39 Å². The highest BCUT2D eigenvalue weighted by atomic mass is 19.1. The Morgan fingerprint density at radius 1 is 0.667 bits per heavy atom. The van der Waals surface area contributed by atoms with Crippen LogP contribution < -0.4 is 5.73 Å². The van der Waals surface area contributed by atoms with E-state index in [4.69, 9.17) is 5.73 Å². The topological polar surface area (TPSA) is 29.3 Å². The summed E-state index contributed by atoms with van der Waals surface area (Å²) < 4.78 is 13.6. The Bertz CT molecular complexity index is 736. The molecule has 3 aromatic rings. The molecule has 0 spiro atoms. The molecule has 3 heteroatoms. The van der Waals surface area contributed by atoms with Crippen molar-refractivity contribution in [2.24, 2.45) is 5.73 Å². The SMILES string of the molecule is N[C@H](CF)[C@H](Cc1ccccc1)N(Cc1ccccc1)Cc1ccccc1. The van der Waals surface area contributed by atoms with Gasteiger partial charge in [-0.2, -0.15) is 0 Å². The lowest BCUT2D eigenvalue weighted by Crippen LogP contribution is -2.49. The largest absolute Gasteiger partial charge is 0.324 e. The van der Waals surface area contributed by atoms with Gasteiger partial charge in [-0.15, -0.1) is 0 Å². The molecule has 0 heterocycles. The minimum atomic E-state index is -0.530. The number of benzene rings is 3.